The van der Waals surface area contributed by atoms with Crippen molar-refractivity contribution in [3.8, 4) is 11.5 Å². The zero-order valence-corrected chi connectivity index (χ0v) is 27.6. The van der Waals surface area contributed by atoms with Crippen molar-refractivity contribution in [1.82, 2.24) is 20.8 Å². The number of nitrogens with two attached hydrogens (primary N) is 1. The molecule has 0 spiro atoms. The van der Waals surface area contributed by atoms with Gasteiger partial charge in [-0.3, -0.25) is 4.79 Å². The molecular formula is C26H30F5N5O10S3. The molecule has 2 saturated heterocycles. The highest BCUT2D eigenvalue weighted by atomic mass is 32.1. The molecule has 2 aliphatic rings. The Morgan fingerprint density at radius 3 is 1.94 bits per heavy atom. The predicted octanol–water partition coefficient (Wildman–Crippen LogP) is 2.31. The number of aliphatic hydroxyl groups excluding tert-OH is 1. The molecule has 23 heteroatoms. The standard InChI is InChI=1S/C19H12F5N3O3.C4H5NO4.C3H7NO3.3H2S/c20-13-6-10(5-9-1-3-11(4-2-9)19(22,23)24)12(7-14(13)21)16-26-27-17(30-16)15-8-29-18(28)25-15;6-3(7)2-1-9-4(8)5-2;4-2(1-5)3(6)7;;;/h1-4,6-7,15H,5,8H2,(H,25,28);2H,1H2,(H,5,8)(H,6,7);2,5H,1,4H2,(H,6,7);3*1H2/t15-;2*2-;;;/m000.../s1. The summed E-state index contributed by atoms with van der Waals surface area (Å²) in [6, 6.07) is 3.43. The van der Waals surface area contributed by atoms with Gasteiger partial charge in [-0.05, 0) is 41.8 Å². The van der Waals surface area contributed by atoms with Crippen LogP contribution >= 0.6 is 40.5 Å². The number of aromatic nitrogens is 2. The molecule has 3 aromatic rings. The number of benzene rings is 2. The summed E-state index contributed by atoms with van der Waals surface area (Å²) in [5.41, 5.74) is 4.70. The lowest BCUT2D eigenvalue weighted by Gasteiger charge is -2.10. The van der Waals surface area contributed by atoms with Crippen LogP contribution in [0.15, 0.2) is 40.8 Å². The fraction of sp³-hybridized carbons (Fsp3) is 0.308. The lowest BCUT2D eigenvalue weighted by atomic mass is 9.98. The van der Waals surface area contributed by atoms with Gasteiger partial charge in [0.25, 0.3) is 0 Å². The van der Waals surface area contributed by atoms with Gasteiger partial charge in [0.1, 0.15) is 25.3 Å². The minimum atomic E-state index is -4.48. The average Bonchev–Trinajstić information content (AvgIpc) is 3.76. The number of carbonyl (C=O) groups excluding carboxylic acids is 2. The Bertz CT molecular complexity index is 1580. The summed E-state index contributed by atoms with van der Waals surface area (Å²) < 4.78 is 80.4. The molecule has 272 valence electrons. The minimum Gasteiger partial charge on any atom is -0.480 e. The van der Waals surface area contributed by atoms with E-state index in [2.05, 4.69) is 25.6 Å². The van der Waals surface area contributed by atoms with E-state index in [1.807, 2.05) is 0 Å². The van der Waals surface area contributed by atoms with E-state index in [0.717, 1.165) is 24.3 Å². The number of aliphatic carboxylic acids is 2. The van der Waals surface area contributed by atoms with Crippen molar-refractivity contribution in [2.24, 2.45) is 5.73 Å². The van der Waals surface area contributed by atoms with Crippen LogP contribution < -0.4 is 16.4 Å². The Balaban J connectivity index is 0.00000101. The van der Waals surface area contributed by atoms with E-state index in [-0.39, 0.29) is 83.0 Å². The zero-order valence-electron chi connectivity index (χ0n) is 24.6. The summed E-state index contributed by atoms with van der Waals surface area (Å²) in [6.45, 7) is -0.611. The van der Waals surface area contributed by atoms with E-state index in [9.17, 15) is 41.1 Å². The smallest absolute Gasteiger partial charge is 0.416 e. The van der Waals surface area contributed by atoms with Crippen LogP contribution in [0.3, 0.4) is 0 Å². The fourth-order valence-corrected chi connectivity index (χ4v) is 3.56. The maximum Gasteiger partial charge on any atom is 0.416 e. The lowest BCUT2D eigenvalue weighted by molar-refractivity contribution is -0.140. The van der Waals surface area contributed by atoms with Crippen molar-refractivity contribution in [2.45, 2.75) is 30.7 Å². The second-order valence-electron chi connectivity index (χ2n) is 9.30. The van der Waals surface area contributed by atoms with Crippen molar-refractivity contribution in [2.75, 3.05) is 19.8 Å². The molecule has 2 amide bonds. The van der Waals surface area contributed by atoms with Gasteiger partial charge in [0.05, 0.1) is 12.2 Å². The van der Waals surface area contributed by atoms with Gasteiger partial charge in [0, 0.05) is 5.56 Å². The van der Waals surface area contributed by atoms with Crippen molar-refractivity contribution in [3.63, 3.8) is 0 Å². The van der Waals surface area contributed by atoms with Gasteiger partial charge in [0.15, 0.2) is 17.7 Å². The molecule has 2 aromatic carbocycles. The van der Waals surface area contributed by atoms with E-state index in [1.165, 1.54) is 12.1 Å². The van der Waals surface area contributed by atoms with E-state index in [0.29, 0.717) is 5.56 Å². The number of alkyl halides is 3. The number of carbonyl (C=O) groups is 4. The van der Waals surface area contributed by atoms with Crippen LogP contribution in [0.5, 0.6) is 0 Å². The van der Waals surface area contributed by atoms with Gasteiger partial charge in [-0.1, -0.05) is 12.1 Å². The number of nitrogens with one attached hydrogen (secondary N) is 2. The van der Waals surface area contributed by atoms with Gasteiger partial charge >= 0.3 is 30.3 Å². The molecule has 0 saturated carbocycles. The van der Waals surface area contributed by atoms with Crippen LogP contribution in [0.25, 0.3) is 11.5 Å². The number of alkyl carbamates (subject to hydrolysis) is 2. The molecule has 15 nitrogen and oxygen atoms in total. The molecule has 49 heavy (non-hydrogen) atoms. The van der Waals surface area contributed by atoms with Gasteiger partial charge in [-0.25, -0.2) is 23.2 Å². The Kier molecular flexibility index (Phi) is 17.9. The number of halogens is 5. The number of rotatable bonds is 7. The summed E-state index contributed by atoms with van der Waals surface area (Å²) in [5, 5.41) is 36.3. The predicted molar refractivity (Wildman–Crippen MR) is 171 cm³/mol. The fourth-order valence-electron chi connectivity index (χ4n) is 3.56. The number of carboxylic acid groups (broad SMARTS) is 2. The molecule has 0 unspecified atom stereocenters. The van der Waals surface area contributed by atoms with Crippen molar-refractivity contribution in [3.05, 3.63) is 70.6 Å². The highest BCUT2D eigenvalue weighted by Gasteiger charge is 2.31. The van der Waals surface area contributed by atoms with E-state index in [1.54, 1.807) is 0 Å². The molecule has 7 N–H and O–H groups in total. The summed E-state index contributed by atoms with van der Waals surface area (Å²) in [5.74, 6) is -4.65. The number of cyclic esters (lactones) is 2. The normalized spacial score (nSPS) is 16.6. The highest BCUT2D eigenvalue weighted by Crippen LogP contribution is 2.32. The minimum absolute atomic E-state index is 0. The van der Waals surface area contributed by atoms with Crippen LogP contribution in [0.4, 0.5) is 31.5 Å². The van der Waals surface area contributed by atoms with Crippen LogP contribution in [-0.2, 0) is 31.7 Å². The monoisotopic (exact) mass is 763 g/mol. The molecule has 1 aromatic heterocycles. The number of aliphatic hydroxyl groups is 1. The zero-order chi connectivity index (χ0) is 34.2. The third-order valence-corrected chi connectivity index (χ3v) is 5.95. The third-order valence-electron chi connectivity index (χ3n) is 5.95. The molecule has 3 heterocycles. The maximum atomic E-state index is 13.9. The molecule has 0 aliphatic carbocycles. The molecule has 0 bridgehead atoms. The molecule has 2 aliphatic heterocycles. The first-order valence-electron chi connectivity index (χ1n) is 12.8. The number of hydrogen-bond donors (Lipinski definition) is 6. The molecule has 2 fully saturated rings. The Hall–Kier alpha value is -4.32. The second kappa shape index (κ2) is 19.6. The molecular weight excluding hydrogens is 734 g/mol. The molecule has 3 atom stereocenters. The van der Waals surface area contributed by atoms with Crippen LogP contribution in [-0.4, -0.2) is 81.5 Å². The van der Waals surface area contributed by atoms with Gasteiger partial charge in [-0.2, -0.15) is 53.7 Å². The Labute approximate surface area is 293 Å². The Morgan fingerprint density at radius 1 is 0.939 bits per heavy atom. The first-order chi connectivity index (χ1) is 21.6. The largest absolute Gasteiger partial charge is 0.480 e. The van der Waals surface area contributed by atoms with Crippen molar-refractivity contribution < 1.29 is 70.3 Å². The quantitative estimate of drug-likeness (QED) is 0.190. The Morgan fingerprint density at radius 2 is 1.51 bits per heavy atom. The number of carboxylic acids is 2. The van der Waals surface area contributed by atoms with Crippen LogP contribution in [0, 0.1) is 11.6 Å². The second-order valence-corrected chi connectivity index (χ2v) is 9.30. The van der Waals surface area contributed by atoms with Gasteiger partial charge < -0.3 is 45.6 Å². The highest BCUT2D eigenvalue weighted by molar-refractivity contribution is 7.59. The maximum absolute atomic E-state index is 13.9. The van der Waals surface area contributed by atoms with Crippen molar-refractivity contribution in [1.29, 1.82) is 0 Å². The number of nitrogens with zero attached hydrogens (tertiary/aromatic N) is 2. The SMILES string of the molecule is N[C@@H](CO)C(=O)O.O=C1N[C@H](C(=O)O)CO1.O=C1N[C@H](c2nnc(-c3cc(F)c(F)cc3Cc3ccc(C(F)(F)F)cc3)o2)CO1.S.S.S. The van der Waals surface area contributed by atoms with Crippen LogP contribution in [0.2, 0.25) is 0 Å². The van der Waals surface area contributed by atoms with Gasteiger partial charge in [0.2, 0.25) is 11.8 Å². The first kappa shape index (κ1) is 44.7. The third kappa shape index (κ3) is 12.9. The van der Waals surface area contributed by atoms with Gasteiger partial charge in [-0.15, -0.1) is 10.2 Å². The van der Waals surface area contributed by atoms with Crippen LogP contribution in [0.1, 0.15) is 28.6 Å². The molecule has 5 rings (SSSR count). The average molecular weight is 764 g/mol. The van der Waals surface area contributed by atoms with E-state index in [4.69, 9.17) is 30.2 Å². The number of hydrogen-bond acceptors (Lipinski definition) is 11. The summed E-state index contributed by atoms with van der Waals surface area (Å²) in [6.07, 6.45) is -5.81. The number of ether oxygens (including phenoxy) is 2. The number of amides is 2. The lowest BCUT2D eigenvalue weighted by Crippen LogP contribution is -2.33. The summed E-state index contributed by atoms with van der Waals surface area (Å²) in [4.78, 5) is 41.0. The summed E-state index contributed by atoms with van der Waals surface area (Å²) in [7, 11) is 0. The van der Waals surface area contributed by atoms with E-state index >= 15 is 0 Å². The van der Waals surface area contributed by atoms with E-state index < -0.39 is 72.2 Å². The topological polar surface area (TPSA) is 236 Å². The molecule has 0 radical (unpaired) electrons. The first-order valence-corrected chi connectivity index (χ1v) is 12.8. The summed E-state index contributed by atoms with van der Waals surface area (Å²) >= 11 is 0. The van der Waals surface area contributed by atoms with Crippen molar-refractivity contribution >= 4 is 64.6 Å².